The van der Waals surface area contributed by atoms with E-state index >= 15 is 0 Å². The molecule has 0 aliphatic rings. The van der Waals surface area contributed by atoms with Gasteiger partial charge in [0.2, 0.25) is 0 Å². The van der Waals surface area contributed by atoms with Crippen LogP contribution in [0.1, 0.15) is 18.1 Å². The molecule has 0 saturated heterocycles. The topological polar surface area (TPSA) is 58.6 Å². The van der Waals surface area contributed by atoms with E-state index in [4.69, 9.17) is 4.74 Å². The molecule has 6 heteroatoms. The van der Waals surface area contributed by atoms with Crippen LogP contribution in [0.3, 0.4) is 0 Å². The number of hydrogen-bond donors (Lipinski definition) is 2. The number of hydrogen-bond acceptors (Lipinski definition) is 4. The van der Waals surface area contributed by atoms with Crippen molar-refractivity contribution in [3.05, 3.63) is 52.5 Å². The number of carbonyl (C=O) groups is 1. The lowest BCUT2D eigenvalue weighted by atomic mass is 10.1. The zero-order chi connectivity index (χ0) is 15.1. The van der Waals surface area contributed by atoms with Crippen molar-refractivity contribution in [1.82, 2.24) is 5.32 Å². The van der Waals surface area contributed by atoms with E-state index in [2.05, 4.69) is 5.32 Å². The number of benzene rings is 1. The van der Waals surface area contributed by atoms with Crippen LogP contribution in [0.5, 0.6) is 5.75 Å². The SMILES string of the molecule is O=C(COc1ccccc1F)NCC[C@H](O)c1ccsc1. The molecule has 2 aromatic rings. The minimum atomic E-state index is -0.593. The molecule has 2 N–H and O–H groups in total. The number of thiophene rings is 1. The van der Waals surface area contributed by atoms with Crippen molar-refractivity contribution in [1.29, 1.82) is 0 Å². The van der Waals surface area contributed by atoms with E-state index in [-0.39, 0.29) is 18.3 Å². The van der Waals surface area contributed by atoms with Gasteiger partial charge in [-0.25, -0.2) is 4.39 Å². The highest BCUT2D eigenvalue weighted by molar-refractivity contribution is 7.07. The maximum absolute atomic E-state index is 13.3. The third-order valence-corrected chi connectivity index (χ3v) is 3.56. The molecular formula is C15H16FNO3S. The number of amides is 1. The summed E-state index contributed by atoms with van der Waals surface area (Å²) in [5.74, 6) is -0.806. The van der Waals surface area contributed by atoms with E-state index in [9.17, 15) is 14.3 Å². The first kappa shape index (κ1) is 15.5. The molecule has 2 rings (SSSR count). The van der Waals surface area contributed by atoms with Gasteiger partial charge in [0, 0.05) is 6.54 Å². The Bertz CT molecular complexity index is 574. The Hall–Kier alpha value is -1.92. The van der Waals surface area contributed by atoms with Gasteiger partial charge in [-0.05, 0) is 40.9 Å². The maximum atomic E-state index is 13.3. The molecule has 0 bridgehead atoms. The monoisotopic (exact) mass is 309 g/mol. The zero-order valence-electron chi connectivity index (χ0n) is 11.3. The predicted octanol–water partition coefficient (Wildman–Crippen LogP) is 2.51. The first-order chi connectivity index (χ1) is 10.2. The molecular weight excluding hydrogens is 293 g/mol. The fourth-order valence-corrected chi connectivity index (χ4v) is 2.44. The largest absolute Gasteiger partial charge is 0.481 e. The fraction of sp³-hybridized carbons (Fsp3) is 0.267. The van der Waals surface area contributed by atoms with Crippen molar-refractivity contribution in [3.8, 4) is 5.75 Å². The minimum Gasteiger partial charge on any atom is -0.481 e. The summed E-state index contributed by atoms with van der Waals surface area (Å²) in [7, 11) is 0. The number of ether oxygens (including phenoxy) is 1. The molecule has 1 heterocycles. The lowest BCUT2D eigenvalue weighted by molar-refractivity contribution is -0.123. The summed E-state index contributed by atoms with van der Waals surface area (Å²) in [6, 6.07) is 7.76. The van der Waals surface area contributed by atoms with Crippen molar-refractivity contribution < 1.29 is 19.0 Å². The number of rotatable bonds is 7. The molecule has 0 radical (unpaired) electrons. The second-order valence-electron chi connectivity index (χ2n) is 4.43. The lowest BCUT2D eigenvalue weighted by Gasteiger charge is -2.10. The van der Waals surface area contributed by atoms with Gasteiger partial charge in [-0.1, -0.05) is 12.1 Å². The Kier molecular flexibility index (Phi) is 5.71. The fourth-order valence-electron chi connectivity index (χ4n) is 1.74. The molecule has 21 heavy (non-hydrogen) atoms. The molecule has 0 aliphatic carbocycles. The number of nitrogens with one attached hydrogen (secondary N) is 1. The van der Waals surface area contributed by atoms with Crippen molar-refractivity contribution in [2.24, 2.45) is 0 Å². The standard InChI is InChI=1S/C15H16FNO3S/c16-12-3-1-2-4-14(12)20-9-15(19)17-7-5-13(18)11-6-8-21-10-11/h1-4,6,8,10,13,18H,5,7,9H2,(H,17,19)/t13-/m0/s1. The molecule has 1 atom stereocenters. The Labute approximate surface area is 126 Å². The summed E-state index contributed by atoms with van der Waals surface area (Å²) in [5.41, 5.74) is 0.844. The summed E-state index contributed by atoms with van der Waals surface area (Å²) in [4.78, 5) is 11.6. The highest BCUT2D eigenvalue weighted by Gasteiger charge is 2.09. The summed E-state index contributed by atoms with van der Waals surface area (Å²) >= 11 is 1.51. The van der Waals surface area contributed by atoms with E-state index in [1.54, 1.807) is 12.1 Å². The van der Waals surface area contributed by atoms with Gasteiger partial charge in [-0.3, -0.25) is 4.79 Å². The molecule has 0 unspecified atom stereocenters. The second-order valence-corrected chi connectivity index (χ2v) is 5.21. The summed E-state index contributed by atoms with van der Waals surface area (Å²) < 4.78 is 18.3. The zero-order valence-corrected chi connectivity index (χ0v) is 12.1. The number of carbonyl (C=O) groups excluding carboxylic acids is 1. The van der Waals surface area contributed by atoms with Gasteiger partial charge in [0.1, 0.15) is 0 Å². The van der Waals surface area contributed by atoms with E-state index in [0.717, 1.165) is 5.56 Å². The van der Waals surface area contributed by atoms with Crippen LogP contribution < -0.4 is 10.1 Å². The first-order valence-corrected chi connectivity index (χ1v) is 7.45. The van der Waals surface area contributed by atoms with Crippen molar-refractivity contribution in [3.63, 3.8) is 0 Å². The minimum absolute atomic E-state index is 0.0472. The number of aliphatic hydroxyl groups is 1. The van der Waals surface area contributed by atoms with Crippen LogP contribution >= 0.6 is 11.3 Å². The summed E-state index contributed by atoms with van der Waals surface area (Å²) in [6.07, 6.45) is -0.175. The molecule has 112 valence electrons. The van der Waals surface area contributed by atoms with Gasteiger partial charge in [0.25, 0.3) is 5.91 Å². The second kappa shape index (κ2) is 7.75. The predicted molar refractivity (Wildman–Crippen MR) is 78.8 cm³/mol. The summed E-state index contributed by atoms with van der Waals surface area (Å²) in [5, 5.41) is 16.2. The molecule has 1 aromatic carbocycles. The van der Waals surface area contributed by atoms with Crippen molar-refractivity contribution in [2.45, 2.75) is 12.5 Å². The van der Waals surface area contributed by atoms with E-state index < -0.39 is 11.9 Å². The van der Waals surface area contributed by atoms with E-state index in [1.807, 2.05) is 16.8 Å². The highest BCUT2D eigenvalue weighted by Crippen LogP contribution is 2.18. The van der Waals surface area contributed by atoms with Crippen LogP contribution in [0.4, 0.5) is 4.39 Å². The number of halogens is 1. The Morgan fingerprint density at radius 2 is 2.19 bits per heavy atom. The van der Waals surface area contributed by atoms with Gasteiger partial charge in [0.05, 0.1) is 6.10 Å². The average Bonchev–Trinajstić information content (AvgIpc) is 3.00. The molecule has 0 fully saturated rings. The maximum Gasteiger partial charge on any atom is 0.257 e. The third kappa shape index (κ3) is 4.84. The number of aliphatic hydroxyl groups excluding tert-OH is 1. The van der Waals surface area contributed by atoms with Gasteiger partial charge < -0.3 is 15.2 Å². The quantitative estimate of drug-likeness (QED) is 0.826. The van der Waals surface area contributed by atoms with Crippen LogP contribution in [0.2, 0.25) is 0 Å². The van der Waals surface area contributed by atoms with Crippen molar-refractivity contribution in [2.75, 3.05) is 13.2 Å². The van der Waals surface area contributed by atoms with Gasteiger partial charge in [0.15, 0.2) is 18.2 Å². The molecule has 0 saturated carbocycles. The van der Waals surface area contributed by atoms with E-state index in [1.165, 1.54) is 23.5 Å². The van der Waals surface area contributed by atoms with Gasteiger partial charge in [-0.15, -0.1) is 0 Å². The molecule has 0 aliphatic heterocycles. The molecule has 1 aromatic heterocycles. The third-order valence-electron chi connectivity index (χ3n) is 2.86. The summed E-state index contributed by atoms with van der Waals surface area (Å²) in [6.45, 7) is 0.0754. The van der Waals surface area contributed by atoms with Crippen LogP contribution in [-0.2, 0) is 4.79 Å². The Morgan fingerprint density at radius 1 is 1.38 bits per heavy atom. The molecule has 4 nitrogen and oxygen atoms in total. The van der Waals surface area contributed by atoms with Crippen LogP contribution in [0.25, 0.3) is 0 Å². The Morgan fingerprint density at radius 3 is 2.90 bits per heavy atom. The van der Waals surface area contributed by atoms with E-state index in [0.29, 0.717) is 13.0 Å². The first-order valence-electron chi connectivity index (χ1n) is 6.51. The van der Waals surface area contributed by atoms with Gasteiger partial charge in [-0.2, -0.15) is 11.3 Å². The highest BCUT2D eigenvalue weighted by atomic mass is 32.1. The number of para-hydroxylation sites is 1. The van der Waals surface area contributed by atoms with Crippen LogP contribution in [0, 0.1) is 5.82 Å². The normalized spacial score (nSPS) is 11.9. The lowest BCUT2D eigenvalue weighted by Crippen LogP contribution is -2.30. The average molecular weight is 309 g/mol. The Balaban J connectivity index is 1.67. The smallest absolute Gasteiger partial charge is 0.257 e. The molecule has 0 spiro atoms. The van der Waals surface area contributed by atoms with Crippen LogP contribution in [-0.4, -0.2) is 24.2 Å². The van der Waals surface area contributed by atoms with Gasteiger partial charge >= 0.3 is 0 Å². The van der Waals surface area contributed by atoms with Crippen molar-refractivity contribution >= 4 is 17.2 Å². The van der Waals surface area contributed by atoms with Crippen LogP contribution in [0.15, 0.2) is 41.1 Å². The molecule has 1 amide bonds.